The maximum Gasteiger partial charge on any atom is 0.336 e. The highest BCUT2D eigenvalue weighted by atomic mass is 16.4. The Balaban J connectivity index is 0.000000168. The van der Waals surface area contributed by atoms with Crippen LogP contribution in [-0.2, 0) is 6.42 Å². The third-order valence-corrected chi connectivity index (χ3v) is 6.06. The maximum atomic E-state index is 10.5. The molecule has 0 spiro atoms. The van der Waals surface area contributed by atoms with Gasteiger partial charge in [-0.25, -0.2) is 9.59 Å². The van der Waals surface area contributed by atoms with Gasteiger partial charge >= 0.3 is 11.9 Å². The number of benzene rings is 4. The second-order valence-corrected chi connectivity index (χ2v) is 7.96. The quantitative estimate of drug-likeness (QED) is 0.368. The summed E-state index contributed by atoms with van der Waals surface area (Å²) in [5, 5.41) is 22.7. The largest absolute Gasteiger partial charge is 0.478 e. The van der Waals surface area contributed by atoms with Crippen LogP contribution in [0.3, 0.4) is 0 Å². The second-order valence-electron chi connectivity index (χ2n) is 7.96. The number of carbonyl (C=O) groups is 2. The Kier molecular flexibility index (Phi) is 5.72. The number of carboxylic acids is 2. The minimum atomic E-state index is -1.23. The van der Waals surface area contributed by atoms with Gasteiger partial charge in [-0.2, -0.15) is 0 Å². The number of aromatic carboxylic acids is 2. The van der Waals surface area contributed by atoms with Crippen molar-refractivity contribution >= 4 is 33.5 Å². The summed E-state index contributed by atoms with van der Waals surface area (Å²) in [6, 6.07) is 23.5. The number of carboxylic acid groups (broad SMARTS) is 2. The van der Waals surface area contributed by atoms with Crippen molar-refractivity contribution in [3.05, 3.63) is 95.1 Å². The van der Waals surface area contributed by atoms with Gasteiger partial charge in [0.15, 0.2) is 0 Å². The zero-order chi connectivity index (χ0) is 22.0. The first-order valence-corrected chi connectivity index (χ1v) is 10.5. The molecule has 4 heteroatoms. The van der Waals surface area contributed by atoms with Crippen LogP contribution >= 0.6 is 0 Å². The van der Waals surface area contributed by atoms with Crippen LogP contribution in [0.2, 0.25) is 0 Å². The van der Waals surface area contributed by atoms with Crippen molar-refractivity contribution in [3.8, 4) is 0 Å². The van der Waals surface area contributed by atoms with Gasteiger partial charge in [0.25, 0.3) is 0 Å². The minimum Gasteiger partial charge on any atom is -0.478 e. The fourth-order valence-corrected chi connectivity index (χ4v) is 4.50. The highest BCUT2D eigenvalue weighted by Crippen LogP contribution is 2.37. The summed E-state index contributed by atoms with van der Waals surface area (Å²) in [5.41, 5.74) is 2.80. The molecule has 0 aliphatic heterocycles. The van der Waals surface area contributed by atoms with E-state index in [0.29, 0.717) is 0 Å². The van der Waals surface area contributed by atoms with Gasteiger partial charge in [-0.1, -0.05) is 67.6 Å². The van der Waals surface area contributed by atoms with Gasteiger partial charge in [0.2, 0.25) is 0 Å². The Morgan fingerprint density at radius 1 is 0.742 bits per heavy atom. The van der Waals surface area contributed by atoms with E-state index in [2.05, 4.69) is 55.5 Å². The summed E-state index contributed by atoms with van der Waals surface area (Å²) >= 11 is 0. The highest BCUT2D eigenvalue weighted by molar-refractivity contribution is 6.08. The topological polar surface area (TPSA) is 74.6 Å². The van der Waals surface area contributed by atoms with Crippen LogP contribution in [-0.4, -0.2) is 22.2 Å². The van der Waals surface area contributed by atoms with E-state index in [1.165, 1.54) is 65.1 Å². The molecule has 0 fully saturated rings. The van der Waals surface area contributed by atoms with Gasteiger partial charge in [0.1, 0.15) is 0 Å². The molecule has 0 amide bonds. The van der Waals surface area contributed by atoms with E-state index in [-0.39, 0.29) is 11.1 Å². The summed E-state index contributed by atoms with van der Waals surface area (Å²) in [6.45, 7) is 2.37. The molecule has 4 aromatic rings. The standard InChI is InChI=1S/C19H18.C8H6O4/c1-13-5-4-8-17-15(13)11-12-18-16-7-3-2-6-14(16)9-10-19(17)18;9-7(10)5-3-1-2-4-6(5)8(11)12/h2-3,6-7,9-13H,4-5,8H2,1H3;1-4H,(H,9,10)(H,11,12). The van der Waals surface area contributed by atoms with E-state index < -0.39 is 11.9 Å². The second kappa shape index (κ2) is 8.60. The van der Waals surface area contributed by atoms with Gasteiger partial charge in [0.05, 0.1) is 11.1 Å². The molecule has 0 saturated carbocycles. The average Bonchev–Trinajstić information content (AvgIpc) is 2.79. The molecule has 1 aliphatic rings. The van der Waals surface area contributed by atoms with E-state index in [9.17, 15) is 9.59 Å². The van der Waals surface area contributed by atoms with E-state index in [0.717, 1.165) is 5.92 Å². The maximum absolute atomic E-state index is 10.5. The van der Waals surface area contributed by atoms with Crippen LogP contribution in [0.4, 0.5) is 0 Å². The van der Waals surface area contributed by atoms with Gasteiger partial charge in [0, 0.05) is 0 Å². The molecular formula is C27H24O4. The average molecular weight is 412 g/mol. The molecule has 4 aromatic carbocycles. The number of fused-ring (bicyclic) bond motifs is 5. The Morgan fingerprint density at radius 2 is 1.35 bits per heavy atom. The summed E-state index contributed by atoms with van der Waals surface area (Å²) < 4.78 is 0. The van der Waals surface area contributed by atoms with Crippen molar-refractivity contribution in [1.82, 2.24) is 0 Å². The van der Waals surface area contributed by atoms with Crippen molar-refractivity contribution in [2.24, 2.45) is 0 Å². The molecule has 0 bridgehead atoms. The third-order valence-electron chi connectivity index (χ3n) is 6.06. The van der Waals surface area contributed by atoms with Crippen LogP contribution in [0.25, 0.3) is 21.5 Å². The molecule has 1 atom stereocenters. The molecule has 156 valence electrons. The lowest BCUT2D eigenvalue weighted by molar-refractivity contribution is 0.0651. The molecule has 1 aliphatic carbocycles. The molecule has 5 rings (SSSR count). The Hall–Kier alpha value is -3.66. The van der Waals surface area contributed by atoms with Crippen molar-refractivity contribution in [2.45, 2.75) is 32.1 Å². The Labute approximate surface area is 180 Å². The molecular weight excluding hydrogens is 388 g/mol. The predicted molar refractivity (Wildman–Crippen MR) is 123 cm³/mol. The third kappa shape index (κ3) is 4.02. The van der Waals surface area contributed by atoms with Gasteiger partial charge in [-0.05, 0) is 70.0 Å². The van der Waals surface area contributed by atoms with E-state index in [1.54, 1.807) is 11.1 Å². The Bertz CT molecular complexity index is 1260. The zero-order valence-electron chi connectivity index (χ0n) is 17.3. The van der Waals surface area contributed by atoms with Crippen molar-refractivity contribution in [1.29, 1.82) is 0 Å². The first-order valence-electron chi connectivity index (χ1n) is 10.5. The molecule has 0 aromatic heterocycles. The SMILES string of the molecule is CC1CCCc2c1ccc1c2ccc2ccccc21.O=C(O)c1ccccc1C(=O)O. The van der Waals surface area contributed by atoms with Crippen LogP contribution < -0.4 is 0 Å². The predicted octanol–water partition coefficient (Wildman–Crippen LogP) is 6.52. The lowest BCUT2D eigenvalue weighted by atomic mass is 9.81. The number of hydrogen-bond acceptors (Lipinski definition) is 2. The molecule has 1 unspecified atom stereocenters. The molecule has 0 saturated heterocycles. The summed E-state index contributed by atoms with van der Waals surface area (Å²) in [5.74, 6) is -1.74. The Morgan fingerprint density at radius 3 is 2.03 bits per heavy atom. The first kappa shape index (κ1) is 20.6. The summed E-state index contributed by atoms with van der Waals surface area (Å²) in [6.07, 6.45) is 3.92. The fourth-order valence-electron chi connectivity index (χ4n) is 4.50. The number of rotatable bonds is 2. The summed E-state index contributed by atoms with van der Waals surface area (Å²) in [4.78, 5) is 20.9. The fraction of sp³-hybridized carbons (Fsp3) is 0.185. The van der Waals surface area contributed by atoms with Crippen molar-refractivity contribution in [3.63, 3.8) is 0 Å². The van der Waals surface area contributed by atoms with Crippen molar-refractivity contribution < 1.29 is 19.8 Å². The van der Waals surface area contributed by atoms with Crippen LogP contribution in [0.1, 0.15) is 57.5 Å². The molecule has 4 nitrogen and oxygen atoms in total. The van der Waals surface area contributed by atoms with E-state index in [1.807, 2.05) is 0 Å². The lowest BCUT2D eigenvalue weighted by Crippen LogP contribution is -2.07. The highest BCUT2D eigenvalue weighted by Gasteiger charge is 2.18. The summed E-state index contributed by atoms with van der Waals surface area (Å²) in [7, 11) is 0. The molecule has 2 N–H and O–H groups in total. The monoisotopic (exact) mass is 412 g/mol. The smallest absolute Gasteiger partial charge is 0.336 e. The van der Waals surface area contributed by atoms with Gasteiger partial charge in [-0.15, -0.1) is 0 Å². The van der Waals surface area contributed by atoms with Gasteiger partial charge in [-0.3, -0.25) is 0 Å². The number of aryl methyl sites for hydroxylation is 1. The molecule has 31 heavy (non-hydrogen) atoms. The van der Waals surface area contributed by atoms with E-state index >= 15 is 0 Å². The lowest BCUT2D eigenvalue weighted by Gasteiger charge is -2.24. The van der Waals surface area contributed by atoms with Crippen LogP contribution in [0, 0.1) is 0 Å². The first-order chi connectivity index (χ1) is 15.0. The molecule has 0 radical (unpaired) electrons. The minimum absolute atomic E-state index is 0.190. The normalized spacial score (nSPS) is 15.1. The van der Waals surface area contributed by atoms with Crippen molar-refractivity contribution in [2.75, 3.05) is 0 Å². The number of hydrogen-bond donors (Lipinski definition) is 2. The molecule has 0 heterocycles. The van der Waals surface area contributed by atoms with Gasteiger partial charge < -0.3 is 10.2 Å². The zero-order valence-corrected chi connectivity index (χ0v) is 17.3. The van der Waals surface area contributed by atoms with E-state index in [4.69, 9.17) is 10.2 Å². The van der Waals surface area contributed by atoms with Crippen LogP contribution in [0.5, 0.6) is 0 Å². The van der Waals surface area contributed by atoms with Crippen LogP contribution in [0.15, 0.2) is 72.8 Å².